The van der Waals surface area contributed by atoms with Crippen molar-refractivity contribution in [1.82, 2.24) is 14.5 Å². The summed E-state index contributed by atoms with van der Waals surface area (Å²) < 4.78 is 34.3. The Hall–Kier alpha value is -3.44. The van der Waals surface area contributed by atoms with E-state index in [0.29, 0.717) is 25.2 Å². The number of piperazine rings is 1. The highest BCUT2D eigenvalue weighted by Gasteiger charge is 2.33. The molecule has 1 saturated heterocycles. The number of nitrogens with zero attached hydrogens (tertiary/aromatic N) is 2. The van der Waals surface area contributed by atoms with Crippen LogP contribution in [0.25, 0.3) is 0 Å². The highest BCUT2D eigenvalue weighted by atomic mass is 32.2. The van der Waals surface area contributed by atoms with Gasteiger partial charge in [0.15, 0.2) is 0 Å². The van der Waals surface area contributed by atoms with Crippen LogP contribution in [0.15, 0.2) is 53.4 Å². The number of carbonyl (C=O) groups excluding carboxylic acids is 3. The first kappa shape index (κ1) is 25.6. The molecule has 4 rings (SSSR count). The Kier molecular flexibility index (Phi) is 7.90. The number of hydrogen-bond donors (Lipinski definition) is 2. The van der Waals surface area contributed by atoms with Gasteiger partial charge in [-0.1, -0.05) is 30.3 Å². The van der Waals surface area contributed by atoms with Crippen molar-refractivity contribution >= 4 is 33.6 Å². The summed E-state index contributed by atoms with van der Waals surface area (Å²) >= 11 is 0. The molecule has 0 aromatic heterocycles. The first-order valence-electron chi connectivity index (χ1n) is 12.0. The Morgan fingerprint density at radius 2 is 1.72 bits per heavy atom. The Morgan fingerprint density at radius 1 is 1.03 bits per heavy atom. The average molecular weight is 515 g/mol. The van der Waals surface area contributed by atoms with Crippen LogP contribution in [0.1, 0.15) is 24.5 Å². The minimum Gasteiger partial charge on any atom is -0.450 e. The van der Waals surface area contributed by atoms with Gasteiger partial charge in [0, 0.05) is 38.3 Å². The van der Waals surface area contributed by atoms with Gasteiger partial charge in [0.05, 0.1) is 11.5 Å². The zero-order chi connectivity index (χ0) is 25.7. The lowest BCUT2D eigenvalue weighted by molar-refractivity contribution is -0.134. The molecule has 1 atom stereocenters. The number of rotatable bonds is 7. The standard InChI is InChI=1S/C25H30N4O6S/c1-2-35-25(32)29-14-12-28(13-15-29)24(31)22(16-18-6-4-3-5-7-18)27-36(33,34)20-9-10-21-19(17-20)8-11-23(30)26-21/h3-7,9-10,17,22,27H,2,8,11-16H2,1H3,(H,26,30)/t22-/m1/s1. The molecular formula is C25H30N4O6S. The van der Waals surface area contributed by atoms with Crippen molar-refractivity contribution in [2.45, 2.75) is 37.1 Å². The van der Waals surface area contributed by atoms with Gasteiger partial charge < -0.3 is 19.9 Å². The monoisotopic (exact) mass is 514 g/mol. The van der Waals surface area contributed by atoms with Gasteiger partial charge in [-0.2, -0.15) is 4.72 Å². The second-order valence-corrected chi connectivity index (χ2v) is 10.5. The maximum absolute atomic E-state index is 13.5. The van der Waals surface area contributed by atoms with Crippen LogP contribution in [0.2, 0.25) is 0 Å². The summed E-state index contributed by atoms with van der Waals surface area (Å²) in [5.41, 5.74) is 2.15. The van der Waals surface area contributed by atoms with Gasteiger partial charge in [0.25, 0.3) is 0 Å². The zero-order valence-electron chi connectivity index (χ0n) is 20.1. The summed E-state index contributed by atoms with van der Waals surface area (Å²) in [4.78, 5) is 40.3. The third-order valence-electron chi connectivity index (χ3n) is 6.28. The third kappa shape index (κ3) is 6.03. The molecule has 2 N–H and O–H groups in total. The van der Waals surface area contributed by atoms with E-state index in [-0.39, 0.29) is 49.2 Å². The highest BCUT2D eigenvalue weighted by molar-refractivity contribution is 7.89. The molecule has 0 saturated carbocycles. The fraction of sp³-hybridized carbons (Fsp3) is 0.400. The maximum atomic E-state index is 13.5. The highest BCUT2D eigenvalue weighted by Crippen LogP contribution is 2.26. The number of benzene rings is 2. The normalized spacial score (nSPS) is 16.6. The number of carbonyl (C=O) groups is 3. The fourth-order valence-corrected chi connectivity index (χ4v) is 5.60. The van der Waals surface area contributed by atoms with Crippen LogP contribution in [0.3, 0.4) is 0 Å². The van der Waals surface area contributed by atoms with E-state index in [1.54, 1.807) is 24.0 Å². The topological polar surface area (TPSA) is 125 Å². The largest absolute Gasteiger partial charge is 0.450 e. The van der Waals surface area contributed by atoms with Crippen LogP contribution in [-0.4, -0.2) is 75.0 Å². The number of nitrogens with one attached hydrogen (secondary N) is 2. The van der Waals surface area contributed by atoms with Crippen LogP contribution >= 0.6 is 0 Å². The average Bonchev–Trinajstić information content (AvgIpc) is 2.88. The fourth-order valence-electron chi connectivity index (χ4n) is 4.36. The van der Waals surface area contributed by atoms with Crippen molar-refractivity contribution in [2.24, 2.45) is 0 Å². The Morgan fingerprint density at radius 3 is 2.42 bits per heavy atom. The molecule has 0 aliphatic carbocycles. The molecule has 0 spiro atoms. The lowest BCUT2D eigenvalue weighted by Gasteiger charge is -2.36. The molecule has 0 radical (unpaired) electrons. The first-order valence-corrected chi connectivity index (χ1v) is 13.4. The van der Waals surface area contributed by atoms with E-state index in [0.717, 1.165) is 11.1 Å². The summed E-state index contributed by atoms with van der Waals surface area (Å²) in [5.74, 6) is -0.455. The lowest BCUT2D eigenvalue weighted by Crippen LogP contribution is -2.56. The van der Waals surface area contributed by atoms with Gasteiger partial charge in [-0.05, 0) is 49.1 Å². The second kappa shape index (κ2) is 11.1. The molecule has 36 heavy (non-hydrogen) atoms. The van der Waals surface area contributed by atoms with Crippen molar-refractivity contribution in [3.63, 3.8) is 0 Å². The molecule has 0 unspecified atom stereocenters. The molecular weight excluding hydrogens is 484 g/mol. The Balaban J connectivity index is 1.52. The lowest BCUT2D eigenvalue weighted by atomic mass is 10.0. The van der Waals surface area contributed by atoms with E-state index in [9.17, 15) is 22.8 Å². The molecule has 2 aromatic rings. The van der Waals surface area contributed by atoms with E-state index >= 15 is 0 Å². The quantitative estimate of drug-likeness (QED) is 0.580. The zero-order valence-corrected chi connectivity index (χ0v) is 20.9. The van der Waals surface area contributed by atoms with Crippen molar-refractivity contribution < 1.29 is 27.5 Å². The molecule has 2 aliphatic rings. The van der Waals surface area contributed by atoms with Crippen molar-refractivity contribution in [3.05, 3.63) is 59.7 Å². The molecule has 2 aromatic carbocycles. The van der Waals surface area contributed by atoms with Crippen LogP contribution in [0, 0.1) is 0 Å². The molecule has 10 nitrogen and oxygen atoms in total. The number of anilines is 1. The molecule has 192 valence electrons. The van der Waals surface area contributed by atoms with Gasteiger partial charge >= 0.3 is 6.09 Å². The van der Waals surface area contributed by atoms with Crippen molar-refractivity contribution in [2.75, 3.05) is 38.1 Å². The molecule has 1 fully saturated rings. The molecule has 3 amide bonds. The predicted octanol–water partition coefficient (Wildman–Crippen LogP) is 1.76. The number of fused-ring (bicyclic) bond motifs is 1. The Bertz CT molecular complexity index is 1230. The minimum absolute atomic E-state index is 0.0374. The maximum Gasteiger partial charge on any atom is 0.409 e. The summed E-state index contributed by atoms with van der Waals surface area (Å²) in [6.07, 6.45) is 0.492. The van der Waals surface area contributed by atoms with E-state index in [4.69, 9.17) is 4.74 Å². The van der Waals surface area contributed by atoms with Crippen LogP contribution in [0.5, 0.6) is 0 Å². The van der Waals surface area contributed by atoms with Gasteiger partial charge in [0.1, 0.15) is 6.04 Å². The van der Waals surface area contributed by atoms with Crippen LogP contribution in [-0.2, 0) is 37.2 Å². The van der Waals surface area contributed by atoms with Crippen molar-refractivity contribution in [1.29, 1.82) is 0 Å². The minimum atomic E-state index is -4.04. The summed E-state index contributed by atoms with van der Waals surface area (Å²) in [5, 5.41) is 2.74. The second-order valence-electron chi connectivity index (χ2n) is 8.74. The number of amides is 3. The SMILES string of the molecule is CCOC(=O)N1CCN(C(=O)[C@@H](Cc2ccccc2)NS(=O)(=O)c2ccc3c(c2)CCC(=O)N3)CC1. The number of ether oxygens (including phenoxy) is 1. The van der Waals surface area contributed by atoms with Gasteiger partial charge in [-0.3, -0.25) is 9.59 Å². The molecule has 2 aliphatic heterocycles. The van der Waals surface area contributed by atoms with Crippen molar-refractivity contribution in [3.8, 4) is 0 Å². The van der Waals surface area contributed by atoms with Gasteiger partial charge in [-0.25, -0.2) is 13.2 Å². The summed E-state index contributed by atoms with van der Waals surface area (Å²) in [6.45, 7) is 3.19. The van der Waals surface area contributed by atoms with Crippen LogP contribution in [0.4, 0.5) is 10.5 Å². The first-order chi connectivity index (χ1) is 17.3. The third-order valence-corrected chi connectivity index (χ3v) is 7.75. The molecule has 2 heterocycles. The van der Waals surface area contributed by atoms with E-state index < -0.39 is 22.2 Å². The number of sulfonamides is 1. The van der Waals surface area contributed by atoms with Gasteiger partial charge in [0.2, 0.25) is 21.8 Å². The Labute approximate surface area is 210 Å². The molecule has 0 bridgehead atoms. The predicted molar refractivity (Wildman–Crippen MR) is 133 cm³/mol. The summed E-state index contributed by atoms with van der Waals surface area (Å²) in [6, 6.07) is 12.7. The molecule has 11 heteroatoms. The van der Waals surface area contributed by atoms with Crippen LogP contribution < -0.4 is 10.0 Å². The van der Waals surface area contributed by atoms with E-state index in [1.807, 2.05) is 30.3 Å². The van der Waals surface area contributed by atoms with E-state index in [2.05, 4.69) is 10.0 Å². The van der Waals surface area contributed by atoms with E-state index in [1.165, 1.54) is 11.0 Å². The number of hydrogen-bond acceptors (Lipinski definition) is 6. The smallest absolute Gasteiger partial charge is 0.409 e. The summed E-state index contributed by atoms with van der Waals surface area (Å²) in [7, 11) is -4.04. The van der Waals surface area contributed by atoms with Gasteiger partial charge in [-0.15, -0.1) is 0 Å². The number of aryl methyl sites for hydroxylation is 1.